The normalized spacial score (nSPS) is 20.8. The van der Waals surface area contributed by atoms with E-state index in [1.807, 2.05) is 6.07 Å². The molecule has 0 unspecified atom stereocenters. The summed E-state index contributed by atoms with van der Waals surface area (Å²) in [4.78, 5) is 0. The topological polar surface area (TPSA) is 41.5 Å². The Hall–Kier alpha value is -1.22. The molecule has 1 aliphatic rings. The van der Waals surface area contributed by atoms with Crippen LogP contribution in [0.3, 0.4) is 0 Å². The van der Waals surface area contributed by atoms with Crippen molar-refractivity contribution in [3.63, 3.8) is 0 Å². The molecule has 0 amide bonds. The molecule has 1 aromatic rings. The van der Waals surface area contributed by atoms with Crippen LogP contribution in [0.25, 0.3) is 0 Å². The average molecular weight is 179 g/mol. The van der Waals surface area contributed by atoms with Gasteiger partial charge in [0, 0.05) is 11.6 Å². The van der Waals surface area contributed by atoms with E-state index in [1.165, 1.54) is 0 Å². The number of hydrogen-bond donors (Lipinski definition) is 2. The van der Waals surface area contributed by atoms with Gasteiger partial charge in [-0.1, -0.05) is 0 Å². The molecule has 1 atom stereocenters. The molecule has 3 heteroatoms. The van der Waals surface area contributed by atoms with E-state index in [0.29, 0.717) is 11.8 Å². The Labute approximate surface area is 77.3 Å². The lowest BCUT2D eigenvalue weighted by molar-refractivity contribution is 0.359. The summed E-state index contributed by atoms with van der Waals surface area (Å²) < 4.78 is 5.09. The SMILES string of the molecule is COc1ccc(O)c([C@H]2CCN2)c1. The maximum Gasteiger partial charge on any atom is 0.120 e. The smallest absolute Gasteiger partial charge is 0.120 e. The number of phenolic OH excluding ortho intramolecular Hbond substituents is 1. The molecule has 1 aliphatic heterocycles. The molecule has 70 valence electrons. The second kappa shape index (κ2) is 3.26. The Balaban J connectivity index is 2.30. The maximum atomic E-state index is 9.57. The van der Waals surface area contributed by atoms with E-state index in [4.69, 9.17) is 4.74 Å². The van der Waals surface area contributed by atoms with E-state index < -0.39 is 0 Å². The lowest BCUT2D eigenvalue weighted by Gasteiger charge is -2.28. The molecule has 0 radical (unpaired) electrons. The van der Waals surface area contributed by atoms with E-state index in [-0.39, 0.29) is 0 Å². The minimum atomic E-state index is 0.301. The zero-order valence-electron chi connectivity index (χ0n) is 7.58. The minimum Gasteiger partial charge on any atom is -0.508 e. The highest BCUT2D eigenvalue weighted by Crippen LogP contribution is 2.32. The number of rotatable bonds is 2. The van der Waals surface area contributed by atoms with Gasteiger partial charge in [-0.25, -0.2) is 0 Å². The summed E-state index contributed by atoms with van der Waals surface area (Å²) in [6, 6.07) is 5.62. The van der Waals surface area contributed by atoms with Crippen LogP contribution in [0.5, 0.6) is 11.5 Å². The Kier molecular flexibility index (Phi) is 2.10. The Morgan fingerprint density at radius 3 is 2.85 bits per heavy atom. The highest BCUT2D eigenvalue weighted by molar-refractivity contribution is 5.41. The number of methoxy groups -OCH3 is 1. The molecule has 0 saturated carbocycles. The largest absolute Gasteiger partial charge is 0.508 e. The predicted octanol–water partition coefficient (Wildman–Crippen LogP) is 1.44. The van der Waals surface area contributed by atoms with Crippen molar-refractivity contribution in [2.75, 3.05) is 13.7 Å². The third-order valence-corrected chi connectivity index (χ3v) is 2.43. The van der Waals surface area contributed by atoms with E-state index in [0.717, 1.165) is 24.3 Å². The summed E-state index contributed by atoms with van der Waals surface area (Å²) in [6.45, 7) is 1.03. The second-order valence-corrected chi connectivity index (χ2v) is 3.22. The Morgan fingerprint density at radius 2 is 2.31 bits per heavy atom. The van der Waals surface area contributed by atoms with Crippen LogP contribution in [0, 0.1) is 0 Å². The van der Waals surface area contributed by atoms with Crippen LogP contribution in [0.1, 0.15) is 18.0 Å². The summed E-state index contributed by atoms with van der Waals surface area (Å²) in [5, 5.41) is 12.8. The van der Waals surface area contributed by atoms with Crippen molar-refractivity contribution in [3.05, 3.63) is 23.8 Å². The molecule has 1 aromatic carbocycles. The monoisotopic (exact) mass is 179 g/mol. The van der Waals surface area contributed by atoms with Crippen LogP contribution in [-0.4, -0.2) is 18.8 Å². The van der Waals surface area contributed by atoms with Crippen molar-refractivity contribution in [1.82, 2.24) is 5.32 Å². The first kappa shape index (κ1) is 8.38. The van der Waals surface area contributed by atoms with Crippen molar-refractivity contribution in [2.24, 2.45) is 0 Å². The fraction of sp³-hybridized carbons (Fsp3) is 0.400. The number of aromatic hydroxyl groups is 1. The summed E-state index contributed by atoms with van der Waals surface area (Å²) in [5.41, 5.74) is 0.936. The molecule has 3 nitrogen and oxygen atoms in total. The van der Waals surface area contributed by atoms with E-state index >= 15 is 0 Å². The van der Waals surface area contributed by atoms with Crippen molar-refractivity contribution in [2.45, 2.75) is 12.5 Å². The number of phenols is 1. The third-order valence-electron chi connectivity index (χ3n) is 2.43. The third kappa shape index (κ3) is 1.47. The molecule has 2 N–H and O–H groups in total. The van der Waals surface area contributed by atoms with Crippen LogP contribution in [0.15, 0.2) is 18.2 Å². The van der Waals surface area contributed by atoms with E-state index in [1.54, 1.807) is 19.2 Å². The second-order valence-electron chi connectivity index (χ2n) is 3.22. The first-order valence-corrected chi connectivity index (χ1v) is 4.41. The minimum absolute atomic E-state index is 0.301. The molecule has 13 heavy (non-hydrogen) atoms. The van der Waals surface area contributed by atoms with Crippen LogP contribution in [-0.2, 0) is 0 Å². The van der Waals surface area contributed by atoms with Crippen LogP contribution >= 0.6 is 0 Å². The lowest BCUT2D eigenvalue weighted by Crippen LogP contribution is -2.34. The Morgan fingerprint density at radius 1 is 1.54 bits per heavy atom. The molecule has 1 heterocycles. The lowest BCUT2D eigenvalue weighted by atomic mass is 9.97. The van der Waals surface area contributed by atoms with Gasteiger partial charge in [0.25, 0.3) is 0 Å². The van der Waals surface area contributed by atoms with Crippen molar-refractivity contribution in [1.29, 1.82) is 0 Å². The van der Waals surface area contributed by atoms with Gasteiger partial charge in [-0.05, 0) is 31.2 Å². The van der Waals surface area contributed by atoms with Gasteiger partial charge >= 0.3 is 0 Å². The van der Waals surface area contributed by atoms with E-state index in [9.17, 15) is 5.11 Å². The van der Waals surface area contributed by atoms with Crippen LogP contribution < -0.4 is 10.1 Å². The summed E-state index contributed by atoms with van der Waals surface area (Å²) in [5.74, 6) is 1.14. The highest BCUT2D eigenvalue weighted by Gasteiger charge is 2.21. The summed E-state index contributed by atoms with van der Waals surface area (Å²) in [7, 11) is 1.63. The van der Waals surface area contributed by atoms with Crippen LogP contribution in [0.2, 0.25) is 0 Å². The first-order valence-electron chi connectivity index (χ1n) is 4.41. The van der Waals surface area contributed by atoms with Gasteiger partial charge < -0.3 is 15.2 Å². The summed E-state index contributed by atoms with van der Waals surface area (Å²) in [6.07, 6.45) is 1.08. The van der Waals surface area contributed by atoms with Crippen molar-refractivity contribution >= 4 is 0 Å². The molecule has 0 aromatic heterocycles. The number of nitrogens with one attached hydrogen (secondary N) is 1. The Bertz CT molecular complexity index is 308. The first-order chi connectivity index (χ1) is 6.31. The predicted molar refractivity (Wildman–Crippen MR) is 50.0 cm³/mol. The number of hydrogen-bond acceptors (Lipinski definition) is 3. The van der Waals surface area contributed by atoms with Gasteiger partial charge in [0.15, 0.2) is 0 Å². The highest BCUT2D eigenvalue weighted by atomic mass is 16.5. The fourth-order valence-corrected chi connectivity index (χ4v) is 1.49. The average Bonchev–Trinajstić information content (AvgIpc) is 2.06. The molecular weight excluding hydrogens is 166 g/mol. The van der Waals surface area contributed by atoms with Crippen LogP contribution in [0.4, 0.5) is 0 Å². The summed E-state index contributed by atoms with van der Waals surface area (Å²) >= 11 is 0. The zero-order chi connectivity index (χ0) is 9.26. The molecule has 1 saturated heterocycles. The molecule has 2 rings (SSSR count). The van der Waals surface area contributed by atoms with Gasteiger partial charge in [-0.3, -0.25) is 0 Å². The maximum absolute atomic E-state index is 9.57. The van der Waals surface area contributed by atoms with E-state index in [2.05, 4.69) is 5.32 Å². The van der Waals surface area contributed by atoms with Crippen molar-refractivity contribution < 1.29 is 9.84 Å². The molecule has 1 fully saturated rings. The van der Waals surface area contributed by atoms with Gasteiger partial charge in [0.05, 0.1) is 7.11 Å². The molecule has 0 bridgehead atoms. The standard InChI is InChI=1S/C10H13NO2/c1-13-7-2-3-10(12)8(6-7)9-4-5-11-9/h2-3,6,9,11-12H,4-5H2,1H3/t9-/m1/s1. The zero-order valence-corrected chi connectivity index (χ0v) is 7.58. The molecule has 0 aliphatic carbocycles. The van der Waals surface area contributed by atoms with Crippen molar-refractivity contribution in [3.8, 4) is 11.5 Å². The number of ether oxygens (including phenoxy) is 1. The fourth-order valence-electron chi connectivity index (χ4n) is 1.49. The quantitative estimate of drug-likeness (QED) is 0.721. The molecular formula is C10H13NO2. The van der Waals surface area contributed by atoms with Gasteiger partial charge in [-0.15, -0.1) is 0 Å². The van der Waals surface area contributed by atoms with Gasteiger partial charge in [0.2, 0.25) is 0 Å². The van der Waals surface area contributed by atoms with Gasteiger partial charge in [-0.2, -0.15) is 0 Å². The molecule has 0 spiro atoms. The van der Waals surface area contributed by atoms with Gasteiger partial charge in [0.1, 0.15) is 11.5 Å². The number of benzene rings is 1.